The molecule has 530 valence electrons. The van der Waals surface area contributed by atoms with Crippen LogP contribution in [-0.2, 0) is 26.2 Å². The van der Waals surface area contributed by atoms with Gasteiger partial charge in [0.2, 0.25) is 0 Å². The van der Waals surface area contributed by atoms with E-state index in [0.717, 1.165) is 55.5 Å². The lowest BCUT2D eigenvalue weighted by Gasteiger charge is -2.13. The minimum atomic E-state index is -0.493. The number of aromatic nitrogens is 8. The molecule has 108 heavy (non-hydrogen) atoms. The molecule has 21 heteroatoms. The van der Waals surface area contributed by atoms with Gasteiger partial charge in [-0.3, -0.25) is 49.5 Å². The monoisotopic (exact) mass is 1430 g/mol. The van der Waals surface area contributed by atoms with Gasteiger partial charge < -0.3 is 18.3 Å². The Bertz CT molecular complexity index is 6130. The molecular formula is C87H67N11O10. The molecule has 0 bridgehead atoms. The molecule has 0 atom stereocenters. The first-order chi connectivity index (χ1) is 52.5. The molecule has 0 aliphatic heterocycles. The molecule has 0 saturated carbocycles. The molecule has 16 aromatic rings. The highest BCUT2D eigenvalue weighted by atomic mass is 16.6. The fraction of sp³-hybridized carbons (Fsp3) is 0.0805. The second-order valence-electron chi connectivity index (χ2n) is 25.5. The second kappa shape index (κ2) is 32.4. The summed E-state index contributed by atoms with van der Waals surface area (Å²) in [4.78, 5) is 104. The molecule has 4 aromatic heterocycles. The Morgan fingerprint density at radius 2 is 0.537 bits per heavy atom. The van der Waals surface area contributed by atoms with Crippen molar-refractivity contribution in [3.8, 4) is 45.0 Å². The van der Waals surface area contributed by atoms with Gasteiger partial charge in [-0.25, -0.2) is 19.9 Å². The van der Waals surface area contributed by atoms with Crippen LogP contribution >= 0.6 is 0 Å². The molecule has 0 N–H and O–H groups in total. The van der Waals surface area contributed by atoms with Crippen LogP contribution in [0.5, 0.6) is 0 Å². The minimum absolute atomic E-state index is 0.0619. The molecule has 0 unspecified atom stereocenters. The lowest BCUT2D eigenvalue weighted by molar-refractivity contribution is -0.384. The predicted octanol–water partition coefficient (Wildman–Crippen LogP) is 17.1. The molecular weight excluding hydrogens is 1360 g/mol. The number of rotatable bonds is 15. The largest absolute Gasteiger partial charge is 0.300 e. The molecule has 4 heterocycles. The van der Waals surface area contributed by atoms with Gasteiger partial charge in [-0.15, -0.1) is 0 Å². The number of para-hydroxylation sites is 9. The van der Waals surface area contributed by atoms with E-state index in [2.05, 4.69) is 19.9 Å². The van der Waals surface area contributed by atoms with Crippen molar-refractivity contribution in [3.05, 3.63) is 414 Å². The van der Waals surface area contributed by atoms with Crippen LogP contribution in [-0.4, -0.2) is 53.0 Å². The number of hydrogen-bond donors (Lipinski definition) is 0. The summed E-state index contributed by atoms with van der Waals surface area (Å²) in [5, 5.41) is 34.5. The summed E-state index contributed by atoms with van der Waals surface area (Å²) in [6.45, 7) is 7.28. The molecule has 0 spiro atoms. The number of hydrogen-bond acceptors (Lipinski definition) is 14. The van der Waals surface area contributed by atoms with Crippen molar-refractivity contribution in [2.24, 2.45) is 0 Å². The van der Waals surface area contributed by atoms with E-state index in [4.69, 9.17) is 0 Å². The van der Waals surface area contributed by atoms with E-state index in [1.807, 2.05) is 250 Å². The summed E-state index contributed by atoms with van der Waals surface area (Å²) in [5.41, 5.74) is 13.1. The van der Waals surface area contributed by atoms with Gasteiger partial charge in [0.1, 0.15) is 22.8 Å². The van der Waals surface area contributed by atoms with Crippen molar-refractivity contribution < 1.29 is 14.8 Å². The Kier molecular flexibility index (Phi) is 21.5. The number of nitro benzene ring substituents is 3. The minimum Gasteiger partial charge on any atom is -0.300 e. The Hall–Kier alpha value is -14.6. The summed E-state index contributed by atoms with van der Waals surface area (Å²) >= 11 is 0. The van der Waals surface area contributed by atoms with Gasteiger partial charge in [0, 0.05) is 23.8 Å². The maximum atomic E-state index is 13.4. The van der Waals surface area contributed by atoms with Crippen molar-refractivity contribution in [1.82, 2.24) is 38.2 Å². The molecule has 0 radical (unpaired) electrons. The maximum absolute atomic E-state index is 13.4. The van der Waals surface area contributed by atoms with Gasteiger partial charge in [0.25, 0.3) is 39.3 Å². The van der Waals surface area contributed by atoms with Gasteiger partial charge in [-0.2, -0.15) is 0 Å². The molecule has 0 amide bonds. The third kappa shape index (κ3) is 16.0. The molecule has 0 saturated heterocycles. The van der Waals surface area contributed by atoms with E-state index < -0.39 is 14.8 Å². The average molecular weight is 1430 g/mol. The highest BCUT2D eigenvalue weighted by molar-refractivity contribution is 5.84. The predicted molar refractivity (Wildman–Crippen MR) is 422 cm³/mol. The highest BCUT2D eigenvalue weighted by Gasteiger charge is 2.26. The van der Waals surface area contributed by atoms with Gasteiger partial charge in [-0.1, -0.05) is 218 Å². The fourth-order valence-corrected chi connectivity index (χ4v) is 12.8. The van der Waals surface area contributed by atoms with E-state index >= 15 is 0 Å². The topological polar surface area (TPSA) is 269 Å². The maximum Gasteiger partial charge on any atom is 0.278 e. The van der Waals surface area contributed by atoms with Crippen LogP contribution < -0.4 is 22.2 Å². The van der Waals surface area contributed by atoms with Crippen LogP contribution in [0.1, 0.15) is 38.9 Å². The third-order valence-electron chi connectivity index (χ3n) is 18.0. The summed E-state index contributed by atoms with van der Waals surface area (Å²) in [6, 6.07) is 92.2. The zero-order valence-corrected chi connectivity index (χ0v) is 58.7. The smallest absolute Gasteiger partial charge is 0.278 e. The molecule has 0 aliphatic carbocycles. The quantitative estimate of drug-likeness (QED) is 0.0682. The number of nitro groups is 3. The van der Waals surface area contributed by atoms with Crippen molar-refractivity contribution in [3.63, 3.8) is 0 Å². The van der Waals surface area contributed by atoms with Crippen LogP contribution in [0.4, 0.5) is 17.1 Å². The zero-order chi connectivity index (χ0) is 75.4. The summed E-state index contributed by atoms with van der Waals surface area (Å²) in [7, 11) is 0. The van der Waals surface area contributed by atoms with Gasteiger partial charge >= 0.3 is 0 Å². The second-order valence-corrected chi connectivity index (χ2v) is 25.5. The van der Waals surface area contributed by atoms with Gasteiger partial charge in [0.15, 0.2) is 0 Å². The molecule has 16 rings (SSSR count). The van der Waals surface area contributed by atoms with E-state index in [1.165, 1.54) is 18.2 Å². The normalized spacial score (nSPS) is 10.9. The van der Waals surface area contributed by atoms with Crippen molar-refractivity contribution >= 4 is 61.2 Å². The molecule has 12 aromatic carbocycles. The number of benzene rings is 12. The molecule has 0 fully saturated rings. The fourth-order valence-electron chi connectivity index (χ4n) is 12.8. The van der Waals surface area contributed by atoms with Crippen LogP contribution in [0.2, 0.25) is 0 Å². The summed E-state index contributed by atoms with van der Waals surface area (Å²) in [6.07, 6.45) is 0. The molecule has 21 nitrogen and oxygen atoms in total. The Balaban J connectivity index is 0.000000127. The first kappa shape index (κ1) is 71.8. The zero-order valence-electron chi connectivity index (χ0n) is 58.7. The van der Waals surface area contributed by atoms with E-state index in [1.54, 1.807) is 74.4 Å². The van der Waals surface area contributed by atoms with Crippen molar-refractivity contribution in [1.29, 1.82) is 0 Å². The van der Waals surface area contributed by atoms with Crippen LogP contribution in [0.3, 0.4) is 0 Å². The number of aryl methyl sites for hydroxylation is 3. The van der Waals surface area contributed by atoms with E-state index in [0.29, 0.717) is 65.0 Å². The number of fused-ring (bicyclic) bond motifs is 4. The lowest BCUT2D eigenvalue weighted by atomic mass is 10.1. The summed E-state index contributed by atoms with van der Waals surface area (Å²) in [5.74, 6) is 0. The van der Waals surface area contributed by atoms with Gasteiger partial charge in [-0.05, 0) is 127 Å². The molecule has 0 aliphatic rings. The lowest BCUT2D eigenvalue weighted by Crippen LogP contribution is -2.24. The number of nitrogens with zero attached hydrogens (tertiary/aromatic N) is 11. The Labute approximate surface area is 617 Å². The SMILES string of the molecule is Cc1ccc([N+](=O)[O-])c(-c2nc3ccccc3n(Cc3ccccc3)c2=O)c1.Cc1ccc([N+](=O)[O-])c(-c2nc3ccccc3n(Cc3ccccc3)c2=O)c1.Cc1cccc(-c2nc3ccccc3n(Cc3ccccc3)c2=O)c1.O=c1c(-c2ccccc2[N+](=O)[O-])nc2ccccc2n1Cc1ccccc1. The van der Waals surface area contributed by atoms with Crippen molar-refractivity contribution in [2.45, 2.75) is 47.0 Å². The van der Waals surface area contributed by atoms with Crippen LogP contribution in [0.15, 0.2) is 322 Å². The van der Waals surface area contributed by atoms with E-state index in [9.17, 15) is 49.5 Å². The first-order valence-electron chi connectivity index (χ1n) is 34.4. The van der Waals surface area contributed by atoms with Crippen LogP contribution in [0, 0.1) is 51.1 Å². The Morgan fingerprint density at radius 3 is 0.870 bits per heavy atom. The third-order valence-corrected chi connectivity index (χ3v) is 18.0. The summed E-state index contributed by atoms with van der Waals surface area (Å²) < 4.78 is 6.68. The first-order valence-corrected chi connectivity index (χ1v) is 34.4. The average Bonchev–Trinajstić information content (AvgIpc) is 0.782. The van der Waals surface area contributed by atoms with Crippen molar-refractivity contribution in [2.75, 3.05) is 0 Å². The Morgan fingerprint density at radius 1 is 0.269 bits per heavy atom. The van der Waals surface area contributed by atoms with Crippen LogP contribution in [0.25, 0.3) is 89.2 Å². The standard InChI is InChI=1S/2C22H17N3O3.C22H18N2O.C21H15N3O3/c2*1-15-11-12-19(25(27)28)17(13-15)21-22(26)24(14-16-7-3-2-4-8-16)20-10-6-5-9-18(20)23-21;1-16-8-7-11-18(14-16)21-22(25)24(15-17-9-3-2-4-10-17)20-13-6-5-12-19(20)23-21;25-21-20(16-10-4-6-12-18(16)24(26)27)22-17-11-5-7-13-19(17)23(21)14-15-8-2-1-3-9-15/h2*2-13H,14H2,1H3;2-14H,15H2,1H3;1-13H,14H2. The highest BCUT2D eigenvalue weighted by Crippen LogP contribution is 2.32. The van der Waals surface area contributed by atoms with E-state index in [-0.39, 0.29) is 73.1 Å². The van der Waals surface area contributed by atoms with Gasteiger partial charge in [0.05, 0.1) is 102 Å².